The van der Waals surface area contributed by atoms with E-state index in [9.17, 15) is 10.1 Å². The highest BCUT2D eigenvalue weighted by atomic mass is 16.2. The van der Waals surface area contributed by atoms with Gasteiger partial charge in [-0.15, -0.1) is 0 Å². The van der Waals surface area contributed by atoms with Gasteiger partial charge in [-0.1, -0.05) is 6.92 Å². The van der Waals surface area contributed by atoms with Crippen LogP contribution in [0.25, 0.3) is 10.9 Å². The van der Waals surface area contributed by atoms with Crippen molar-refractivity contribution in [3.05, 3.63) is 36.0 Å². The van der Waals surface area contributed by atoms with Gasteiger partial charge >= 0.3 is 0 Å². The molecule has 26 heavy (non-hydrogen) atoms. The number of pyridine rings is 1. The summed E-state index contributed by atoms with van der Waals surface area (Å²) in [6.07, 6.45) is 2.63. The molecule has 3 rings (SSSR count). The number of hydrogen-bond donors (Lipinski definition) is 2. The lowest BCUT2D eigenvalue weighted by Gasteiger charge is -2.39. The first-order chi connectivity index (χ1) is 12.3. The van der Waals surface area contributed by atoms with Crippen molar-refractivity contribution in [1.82, 2.24) is 10.3 Å². The van der Waals surface area contributed by atoms with Gasteiger partial charge in [0.05, 0.1) is 16.6 Å². The van der Waals surface area contributed by atoms with E-state index < -0.39 is 5.54 Å². The minimum Gasteiger partial charge on any atom is -0.369 e. The van der Waals surface area contributed by atoms with Crippen LogP contribution in [0.5, 0.6) is 0 Å². The van der Waals surface area contributed by atoms with E-state index in [0.717, 1.165) is 29.6 Å². The number of nitriles is 1. The smallest absolute Gasteiger partial charge is 0.239 e. The molecular weight excluding hydrogens is 326 g/mol. The minimum atomic E-state index is -0.892. The number of nitrogens with two attached hydrogens (primary N) is 1. The lowest BCUT2D eigenvalue weighted by atomic mass is 9.93. The minimum absolute atomic E-state index is 0.0384. The Morgan fingerprint density at radius 2 is 2.15 bits per heavy atom. The average molecular weight is 351 g/mol. The molecule has 1 aromatic heterocycles. The highest BCUT2D eigenvalue weighted by Crippen LogP contribution is 2.31. The first-order valence-corrected chi connectivity index (χ1v) is 8.92. The van der Waals surface area contributed by atoms with Crippen LogP contribution in [0.4, 0.5) is 5.69 Å². The van der Waals surface area contributed by atoms with Gasteiger partial charge in [0.2, 0.25) is 5.91 Å². The van der Waals surface area contributed by atoms with Crippen LogP contribution in [-0.2, 0) is 4.79 Å². The molecular formula is C20H25N5O. The van der Waals surface area contributed by atoms with Crippen molar-refractivity contribution in [2.75, 3.05) is 18.0 Å². The molecule has 0 spiro atoms. The van der Waals surface area contributed by atoms with Gasteiger partial charge in [0.25, 0.3) is 0 Å². The fourth-order valence-corrected chi connectivity index (χ4v) is 3.55. The lowest BCUT2D eigenvalue weighted by molar-refractivity contribution is -0.126. The van der Waals surface area contributed by atoms with Gasteiger partial charge in [-0.3, -0.25) is 9.78 Å². The summed E-state index contributed by atoms with van der Waals surface area (Å²) in [7, 11) is 0. The standard InChI is InChI=1S/C20H25N5O/c1-13-9-15(24-19(26)20(2,3)22)12-25(11-13)17-7-6-14(10-21)18-16(17)5-4-8-23-18/h4-8,13,15H,9,11-12,22H2,1-3H3,(H,24,26)/t13-,15+/m0/s1. The SMILES string of the molecule is C[C@H]1C[C@@H](NC(=O)C(C)(C)N)CN(c2ccc(C#N)c3ncccc23)C1. The zero-order valence-electron chi connectivity index (χ0n) is 15.5. The third-order valence-corrected chi connectivity index (χ3v) is 4.79. The predicted octanol–water partition coefficient (Wildman–Crippen LogP) is 2.17. The molecule has 1 aliphatic heterocycles. The third-order valence-electron chi connectivity index (χ3n) is 4.79. The van der Waals surface area contributed by atoms with Crippen LogP contribution < -0.4 is 16.0 Å². The fraction of sp³-hybridized carbons (Fsp3) is 0.450. The molecule has 0 aliphatic carbocycles. The number of rotatable bonds is 3. The maximum Gasteiger partial charge on any atom is 0.239 e. The maximum absolute atomic E-state index is 12.3. The molecule has 6 heteroatoms. The van der Waals surface area contributed by atoms with Crippen molar-refractivity contribution in [3.63, 3.8) is 0 Å². The topological polar surface area (TPSA) is 95.0 Å². The summed E-state index contributed by atoms with van der Waals surface area (Å²) in [6, 6.07) is 9.93. The number of carbonyl (C=O) groups is 1. The van der Waals surface area contributed by atoms with Crippen LogP contribution in [-0.4, -0.2) is 35.6 Å². The quantitative estimate of drug-likeness (QED) is 0.884. The first kappa shape index (κ1) is 18.2. The largest absolute Gasteiger partial charge is 0.369 e. The Morgan fingerprint density at radius 1 is 1.38 bits per heavy atom. The zero-order valence-corrected chi connectivity index (χ0v) is 15.5. The Bertz CT molecular complexity index is 865. The van der Waals surface area contributed by atoms with Crippen LogP contribution in [0.2, 0.25) is 0 Å². The highest BCUT2D eigenvalue weighted by molar-refractivity contribution is 5.95. The number of fused-ring (bicyclic) bond motifs is 1. The number of hydrogen-bond acceptors (Lipinski definition) is 5. The third kappa shape index (κ3) is 3.63. The molecule has 0 radical (unpaired) electrons. The molecule has 136 valence electrons. The second-order valence-electron chi connectivity index (χ2n) is 7.78. The van der Waals surface area contributed by atoms with Gasteiger partial charge in [-0.2, -0.15) is 5.26 Å². The Labute approximate surface area is 154 Å². The maximum atomic E-state index is 12.3. The molecule has 0 bridgehead atoms. The zero-order chi connectivity index (χ0) is 18.9. The molecule has 0 saturated carbocycles. The van der Waals surface area contributed by atoms with E-state index in [1.807, 2.05) is 24.3 Å². The van der Waals surface area contributed by atoms with Crippen LogP contribution in [0.15, 0.2) is 30.5 Å². The summed E-state index contributed by atoms with van der Waals surface area (Å²) < 4.78 is 0. The van der Waals surface area contributed by atoms with Crippen molar-refractivity contribution in [2.45, 2.75) is 38.8 Å². The van der Waals surface area contributed by atoms with E-state index in [-0.39, 0.29) is 11.9 Å². The Balaban J connectivity index is 1.91. The van der Waals surface area contributed by atoms with Crippen molar-refractivity contribution < 1.29 is 4.79 Å². The van der Waals surface area contributed by atoms with E-state index in [1.54, 1.807) is 20.0 Å². The van der Waals surface area contributed by atoms with Gasteiger partial charge < -0.3 is 16.0 Å². The highest BCUT2D eigenvalue weighted by Gasteiger charge is 2.30. The molecule has 1 aliphatic rings. The lowest BCUT2D eigenvalue weighted by Crippen LogP contribution is -2.57. The number of piperidine rings is 1. The molecule has 1 amide bonds. The van der Waals surface area contributed by atoms with Crippen molar-refractivity contribution in [1.29, 1.82) is 5.26 Å². The summed E-state index contributed by atoms with van der Waals surface area (Å²) in [6.45, 7) is 7.22. The number of carbonyl (C=O) groups excluding carboxylic acids is 1. The fourth-order valence-electron chi connectivity index (χ4n) is 3.55. The summed E-state index contributed by atoms with van der Waals surface area (Å²) in [4.78, 5) is 18.9. The van der Waals surface area contributed by atoms with Crippen LogP contribution >= 0.6 is 0 Å². The van der Waals surface area contributed by atoms with Crippen molar-refractivity contribution in [3.8, 4) is 6.07 Å². The average Bonchev–Trinajstić information content (AvgIpc) is 2.59. The molecule has 2 heterocycles. The van der Waals surface area contributed by atoms with E-state index in [0.29, 0.717) is 18.0 Å². The van der Waals surface area contributed by atoms with Crippen LogP contribution in [0, 0.1) is 17.2 Å². The summed E-state index contributed by atoms with van der Waals surface area (Å²) in [5.41, 5.74) is 7.36. The molecule has 3 N–H and O–H groups in total. The monoisotopic (exact) mass is 351 g/mol. The van der Waals surface area contributed by atoms with Gasteiger partial charge in [0.1, 0.15) is 6.07 Å². The number of aromatic nitrogens is 1. The Morgan fingerprint density at radius 3 is 2.85 bits per heavy atom. The number of nitrogens with one attached hydrogen (secondary N) is 1. The van der Waals surface area contributed by atoms with Gasteiger partial charge in [-0.05, 0) is 50.5 Å². The normalized spacial score (nSPS) is 20.7. The summed E-state index contributed by atoms with van der Waals surface area (Å²) in [5.74, 6) is 0.292. The van der Waals surface area contributed by atoms with E-state index in [4.69, 9.17) is 5.73 Å². The molecule has 2 aromatic rings. The van der Waals surface area contributed by atoms with Crippen LogP contribution in [0.1, 0.15) is 32.8 Å². The molecule has 1 aromatic carbocycles. The summed E-state index contributed by atoms with van der Waals surface area (Å²) in [5, 5.41) is 13.4. The molecule has 6 nitrogen and oxygen atoms in total. The number of nitrogens with zero attached hydrogens (tertiary/aromatic N) is 3. The number of benzene rings is 1. The van der Waals surface area contributed by atoms with Gasteiger partial charge in [0, 0.05) is 36.4 Å². The molecule has 0 unspecified atom stereocenters. The summed E-state index contributed by atoms with van der Waals surface area (Å²) >= 11 is 0. The number of anilines is 1. The second kappa shape index (κ2) is 6.93. The second-order valence-corrected chi connectivity index (χ2v) is 7.78. The van der Waals surface area contributed by atoms with E-state index in [1.165, 1.54) is 0 Å². The van der Waals surface area contributed by atoms with Gasteiger partial charge in [-0.25, -0.2) is 0 Å². The van der Waals surface area contributed by atoms with E-state index in [2.05, 4.69) is 28.2 Å². The van der Waals surface area contributed by atoms with Gasteiger partial charge in [0.15, 0.2) is 0 Å². The Kier molecular flexibility index (Phi) is 4.84. The van der Waals surface area contributed by atoms with Crippen molar-refractivity contribution in [2.24, 2.45) is 11.7 Å². The van der Waals surface area contributed by atoms with Crippen molar-refractivity contribution >= 4 is 22.5 Å². The Hall–Kier alpha value is -2.65. The predicted molar refractivity (Wildman–Crippen MR) is 103 cm³/mol. The van der Waals surface area contributed by atoms with Crippen LogP contribution in [0.3, 0.4) is 0 Å². The molecule has 2 atom stereocenters. The first-order valence-electron chi connectivity index (χ1n) is 8.92. The molecule has 1 fully saturated rings. The van der Waals surface area contributed by atoms with E-state index >= 15 is 0 Å². The number of amides is 1. The molecule has 1 saturated heterocycles.